The Labute approximate surface area is 423 Å². The summed E-state index contributed by atoms with van der Waals surface area (Å²) >= 11 is 0. The molecule has 13 nitrogen and oxygen atoms in total. The Kier molecular flexibility index (Phi) is 35.0. The van der Waals surface area contributed by atoms with Gasteiger partial charge in [-0.25, -0.2) is 4.79 Å². The largest absolute Gasteiger partial charge is 0.497 e. The maximum atomic E-state index is 13.3. The van der Waals surface area contributed by atoms with Gasteiger partial charge in [-0.15, -0.1) is 0 Å². The monoisotopic (exact) mass is 985 g/mol. The molecule has 0 aliphatic carbocycles. The van der Waals surface area contributed by atoms with Crippen molar-refractivity contribution in [2.75, 3.05) is 41.0 Å². The van der Waals surface area contributed by atoms with Gasteiger partial charge in [0, 0.05) is 50.7 Å². The number of unbranched alkanes of at least 4 members (excludes halogenated alkanes) is 24. The van der Waals surface area contributed by atoms with Crippen LogP contribution in [0.4, 0.5) is 4.79 Å². The van der Waals surface area contributed by atoms with Gasteiger partial charge in [-0.3, -0.25) is 23.7 Å². The fraction of sp³-hybridized carbons (Fsp3) is 0.772. The average molecular weight is 985 g/mol. The molecular formula is C57H96N2O11. The van der Waals surface area contributed by atoms with Crippen molar-refractivity contribution in [3.8, 4) is 5.75 Å². The number of hydrogen-bond donors (Lipinski definition) is 0. The van der Waals surface area contributed by atoms with Crippen LogP contribution in [0.15, 0.2) is 24.4 Å². The Hall–Kier alpha value is -4.13. The molecule has 0 aliphatic rings. The summed E-state index contributed by atoms with van der Waals surface area (Å²) in [5, 5.41) is 0.858. The fourth-order valence-corrected chi connectivity index (χ4v) is 8.64. The summed E-state index contributed by atoms with van der Waals surface area (Å²) in [5.74, 6) is -1.90. The van der Waals surface area contributed by atoms with E-state index < -0.39 is 36.3 Å². The third kappa shape index (κ3) is 29.9. The Morgan fingerprint density at radius 2 is 0.986 bits per heavy atom. The molecule has 0 N–H and O–H groups in total. The van der Waals surface area contributed by atoms with E-state index in [1.807, 2.05) is 20.2 Å². The van der Waals surface area contributed by atoms with Gasteiger partial charge in [0.1, 0.15) is 19.0 Å². The maximum Gasteiger partial charge on any atom is 0.421 e. The SMILES string of the molecule is CCCCCCCCCCCCCCCC(=O)OCC(COC(=O)CCCCCCCCCCCCCCC)OC(=O)CC(C)CC(=O)OC(C)OC(=O)n1cc(CCN(C)C)c2cc(OC)ccc21. The molecule has 0 aliphatic heterocycles. The number of carbonyl (C=O) groups is 5. The highest BCUT2D eigenvalue weighted by atomic mass is 16.7. The zero-order valence-electron chi connectivity index (χ0n) is 45.0. The van der Waals surface area contributed by atoms with Crippen LogP contribution in [0.1, 0.15) is 226 Å². The second kappa shape index (κ2) is 39.5. The van der Waals surface area contributed by atoms with Crippen molar-refractivity contribution >= 4 is 40.9 Å². The molecule has 0 fully saturated rings. The van der Waals surface area contributed by atoms with E-state index in [1.165, 1.54) is 127 Å². The Morgan fingerprint density at radius 3 is 1.41 bits per heavy atom. The molecule has 2 aromatic rings. The van der Waals surface area contributed by atoms with Crippen molar-refractivity contribution in [1.29, 1.82) is 0 Å². The molecule has 0 radical (unpaired) electrons. The predicted octanol–water partition coefficient (Wildman–Crippen LogP) is 14.0. The first-order valence-electron chi connectivity index (χ1n) is 27.6. The summed E-state index contributed by atoms with van der Waals surface area (Å²) in [7, 11) is 5.55. The quantitative estimate of drug-likeness (QED) is 0.0269. The van der Waals surface area contributed by atoms with Crippen LogP contribution in [-0.2, 0) is 49.3 Å². The first-order chi connectivity index (χ1) is 33.9. The van der Waals surface area contributed by atoms with Crippen LogP contribution in [0.25, 0.3) is 10.9 Å². The minimum absolute atomic E-state index is 0.145. The van der Waals surface area contributed by atoms with Crippen molar-refractivity contribution in [3.63, 3.8) is 0 Å². The van der Waals surface area contributed by atoms with Gasteiger partial charge in [0.05, 0.1) is 12.6 Å². The van der Waals surface area contributed by atoms with Gasteiger partial charge in [-0.1, -0.05) is 175 Å². The molecule has 13 heteroatoms. The third-order valence-electron chi connectivity index (χ3n) is 12.8. The number of rotatable bonds is 43. The zero-order chi connectivity index (χ0) is 51.2. The van der Waals surface area contributed by atoms with Gasteiger partial charge < -0.3 is 33.3 Å². The zero-order valence-corrected chi connectivity index (χ0v) is 45.0. The molecule has 70 heavy (non-hydrogen) atoms. The van der Waals surface area contributed by atoms with E-state index >= 15 is 0 Å². The van der Waals surface area contributed by atoms with Crippen LogP contribution >= 0.6 is 0 Å². The van der Waals surface area contributed by atoms with Crippen LogP contribution in [0.3, 0.4) is 0 Å². The molecule has 0 saturated carbocycles. The number of ether oxygens (including phenoxy) is 6. The number of hydrogen-bond acceptors (Lipinski definition) is 12. The predicted molar refractivity (Wildman–Crippen MR) is 279 cm³/mol. The number of fused-ring (bicyclic) bond motifs is 1. The smallest absolute Gasteiger partial charge is 0.421 e. The lowest BCUT2D eigenvalue weighted by molar-refractivity contribution is -0.169. The molecule has 2 rings (SSSR count). The molecule has 0 saturated heterocycles. The molecule has 0 spiro atoms. The highest BCUT2D eigenvalue weighted by Gasteiger charge is 2.24. The summed E-state index contributed by atoms with van der Waals surface area (Å²) in [6.45, 7) is 7.94. The molecule has 1 aromatic carbocycles. The van der Waals surface area contributed by atoms with Crippen molar-refractivity contribution in [2.45, 2.75) is 239 Å². The van der Waals surface area contributed by atoms with Gasteiger partial charge >= 0.3 is 30.0 Å². The lowest BCUT2D eigenvalue weighted by Gasteiger charge is -2.20. The Balaban J connectivity index is 1.82. The van der Waals surface area contributed by atoms with Crippen molar-refractivity contribution in [2.24, 2.45) is 5.92 Å². The second-order valence-electron chi connectivity index (χ2n) is 19.9. The first kappa shape index (κ1) is 62.0. The van der Waals surface area contributed by atoms with Gasteiger partial charge in [0.15, 0.2) is 6.10 Å². The summed E-state index contributed by atoms with van der Waals surface area (Å²) in [4.78, 5) is 66.9. The topological polar surface area (TPSA) is 149 Å². The van der Waals surface area contributed by atoms with Gasteiger partial charge in [0.2, 0.25) is 6.29 Å². The summed E-state index contributed by atoms with van der Waals surface area (Å²) < 4.78 is 34.5. The van der Waals surface area contributed by atoms with E-state index in [-0.39, 0.29) is 50.8 Å². The highest BCUT2D eigenvalue weighted by Crippen LogP contribution is 2.27. The van der Waals surface area contributed by atoms with Crippen molar-refractivity contribution in [1.82, 2.24) is 9.47 Å². The fourth-order valence-electron chi connectivity index (χ4n) is 8.64. The Bertz CT molecular complexity index is 1680. The van der Waals surface area contributed by atoms with E-state index in [1.54, 1.807) is 32.4 Å². The number of carbonyl (C=O) groups excluding carboxylic acids is 5. The van der Waals surface area contributed by atoms with Crippen LogP contribution in [0.5, 0.6) is 5.75 Å². The summed E-state index contributed by atoms with van der Waals surface area (Å²) in [5.41, 5.74) is 1.58. The van der Waals surface area contributed by atoms with E-state index in [2.05, 4.69) is 18.7 Å². The van der Waals surface area contributed by atoms with Gasteiger partial charge in [-0.05, 0) is 63.0 Å². The van der Waals surface area contributed by atoms with Gasteiger partial charge in [0.25, 0.3) is 0 Å². The van der Waals surface area contributed by atoms with E-state index in [0.717, 1.165) is 68.9 Å². The van der Waals surface area contributed by atoms with Gasteiger partial charge in [-0.2, -0.15) is 0 Å². The lowest BCUT2D eigenvalue weighted by atomic mass is 10.0. The molecule has 0 bridgehead atoms. The highest BCUT2D eigenvalue weighted by molar-refractivity contribution is 5.93. The Morgan fingerprint density at radius 1 is 0.557 bits per heavy atom. The standard InChI is InChI=1S/C57H96N2O11/c1-8-10-12-14-16-18-20-22-24-26-28-30-32-34-53(60)66-44-50(45-67-54(61)35-33-31-29-27-25-23-21-19-17-15-13-11-9-2)70-56(63)41-46(3)40-55(62)68-47(4)69-57(64)59-43-48(38-39-58(5)6)51-42-49(65-7)36-37-52(51)59/h36-37,42-43,46-47,50H,8-35,38-41,44-45H2,1-7H3. The minimum Gasteiger partial charge on any atom is -0.497 e. The second-order valence-corrected chi connectivity index (χ2v) is 19.9. The lowest BCUT2D eigenvalue weighted by Crippen LogP contribution is -2.31. The van der Waals surface area contributed by atoms with E-state index in [4.69, 9.17) is 28.4 Å². The van der Waals surface area contributed by atoms with E-state index in [9.17, 15) is 24.0 Å². The molecule has 2 atom stereocenters. The number of likely N-dealkylation sites (N-methyl/N-ethyl adjacent to an activating group) is 1. The average Bonchev–Trinajstić information content (AvgIpc) is 3.69. The number of nitrogens with zero attached hydrogens (tertiary/aromatic N) is 2. The van der Waals surface area contributed by atoms with Crippen molar-refractivity contribution < 1.29 is 52.4 Å². The minimum atomic E-state index is -1.20. The van der Waals surface area contributed by atoms with Crippen molar-refractivity contribution in [3.05, 3.63) is 30.0 Å². The van der Waals surface area contributed by atoms with E-state index in [0.29, 0.717) is 17.7 Å². The molecule has 1 aromatic heterocycles. The van der Waals surface area contributed by atoms with Crippen LogP contribution in [0.2, 0.25) is 0 Å². The first-order valence-corrected chi connectivity index (χ1v) is 27.6. The van der Waals surface area contributed by atoms with Crippen LogP contribution in [0, 0.1) is 5.92 Å². The summed E-state index contributed by atoms with van der Waals surface area (Å²) in [6.07, 6.45) is 31.1. The molecular weight excluding hydrogens is 889 g/mol. The summed E-state index contributed by atoms with van der Waals surface area (Å²) in [6, 6.07) is 5.43. The molecule has 0 amide bonds. The number of esters is 4. The molecule has 400 valence electrons. The number of aromatic nitrogens is 1. The van der Waals surface area contributed by atoms with Crippen LogP contribution in [-0.4, -0.2) is 92.8 Å². The molecule has 2 unspecified atom stereocenters. The number of benzene rings is 1. The number of methoxy groups -OCH3 is 1. The third-order valence-corrected chi connectivity index (χ3v) is 12.8. The maximum absolute atomic E-state index is 13.3. The normalized spacial score (nSPS) is 12.3. The molecule has 1 heterocycles. The van der Waals surface area contributed by atoms with Crippen LogP contribution < -0.4 is 4.74 Å².